The zero-order chi connectivity index (χ0) is 29.0. The second-order valence-electron chi connectivity index (χ2n) is 11.3. The van der Waals surface area contributed by atoms with Gasteiger partial charge in [0.25, 0.3) is 0 Å². The second-order valence-corrected chi connectivity index (χ2v) is 11.3. The van der Waals surface area contributed by atoms with Gasteiger partial charge in [-0.05, 0) is 82.9 Å². The molecule has 41 heavy (non-hydrogen) atoms. The second kappa shape index (κ2) is 11.7. The molecule has 1 aliphatic rings. The fraction of sp³-hybridized carbons (Fsp3) is 0.333. The first-order valence-electron chi connectivity index (χ1n) is 13.8. The number of anilines is 5. The Kier molecular flexibility index (Phi) is 7.95. The number of amides is 3. The van der Waals surface area contributed by atoms with Crippen molar-refractivity contribution in [1.29, 1.82) is 0 Å². The van der Waals surface area contributed by atoms with E-state index in [-0.39, 0.29) is 18.1 Å². The van der Waals surface area contributed by atoms with Gasteiger partial charge >= 0.3 is 12.1 Å². The molecule has 1 fully saturated rings. The number of benzene rings is 2. The summed E-state index contributed by atoms with van der Waals surface area (Å²) in [6, 6.07) is 18.5. The van der Waals surface area contributed by atoms with Crippen molar-refractivity contribution in [2.75, 3.05) is 21.3 Å². The average molecular weight is 557 g/mol. The van der Waals surface area contributed by atoms with E-state index >= 15 is 0 Å². The van der Waals surface area contributed by atoms with E-state index in [1.807, 2.05) is 81.4 Å². The average Bonchev–Trinajstić information content (AvgIpc) is 3.40. The maximum Gasteiger partial charge on any atom is 0.407 e. The molecule has 5 N–H and O–H groups in total. The molecule has 5 rings (SSSR count). The highest BCUT2D eigenvalue weighted by Crippen LogP contribution is 2.31. The number of urea groups is 1. The molecule has 0 bridgehead atoms. The number of rotatable bonds is 7. The Morgan fingerprint density at radius 2 is 1.56 bits per heavy atom. The van der Waals surface area contributed by atoms with E-state index in [1.54, 1.807) is 21.8 Å². The van der Waals surface area contributed by atoms with Crippen LogP contribution in [0, 0.1) is 0 Å². The Hall–Kier alpha value is -4.80. The number of nitrogens with zero attached hydrogens (tertiary/aromatic N) is 4. The number of para-hydroxylation sites is 1. The van der Waals surface area contributed by atoms with Crippen molar-refractivity contribution in [2.45, 2.75) is 64.1 Å². The zero-order valence-corrected chi connectivity index (χ0v) is 23.5. The van der Waals surface area contributed by atoms with E-state index in [2.05, 4.69) is 31.3 Å². The van der Waals surface area contributed by atoms with Crippen molar-refractivity contribution in [3.05, 3.63) is 73.1 Å². The van der Waals surface area contributed by atoms with Crippen LogP contribution in [0.5, 0.6) is 0 Å². The number of aromatic nitrogens is 3. The third-order valence-electron chi connectivity index (χ3n) is 7.16. The minimum atomic E-state index is -0.865. The van der Waals surface area contributed by atoms with Crippen molar-refractivity contribution >= 4 is 46.3 Å². The standard InChI is InChI=1S/C30H36N8O3/c1-30(2,3)38(29(40)41)24-15-13-22(14-16-24)33-26-19-25(27-31-17-18-37(27)36-26)32-21-9-11-23(12-10-21)35-28(39)34-20-7-5-4-6-8-20/h4-12,17-19,22,24,32H,13-16H2,1-3H3,(H,33,36)(H,40,41)(H2,34,35,39)/t22-,24-. The number of hydrogen-bond acceptors (Lipinski definition) is 6. The van der Waals surface area contributed by atoms with Gasteiger partial charge in [-0.2, -0.15) is 0 Å². The highest BCUT2D eigenvalue weighted by Gasteiger charge is 2.35. The van der Waals surface area contributed by atoms with Gasteiger partial charge in [0.2, 0.25) is 0 Å². The highest BCUT2D eigenvalue weighted by atomic mass is 16.4. The molecule has 0 radical (unpaired) electrons. The van der Waals surface area contributed by atoms with Gasteiger partial charge in [-0.15, -0.1) is 5.10 Å². The zero-order valence-electron chi connectivity index (χ0n) is 23.5. The molecule has 0 aliphatic heterocycles. The maximum absolute atomic E-state index is 12.3. The molecule has 2 heterocycles. The van der Waals surface area contributed by atoms with Crippen LogP contribution in [0.15, 0.2) is 73.1 Å². The highest BCUT2D eigenvalue weighted by molar-refractivity contribution is 5.99. The molecule has 214 valence electrons. The number of carboxylic acid groups (broad SMARTS) is 1. The number of carbonyl (C=O) groups is 2. The number of hydrogen-bond donors (Lipinski definition) is 5. The van der Waals surface area contributed by atoms with E-state index < -0.39 is 11.6 Å². The van der Waals surface area contributed by atoms with Gasteiger partial charge in [-0.3, -0.25) is 0 Å². The van der Waals surface area contributed by atoms with Crippen LogP contribution in [0.4, 0.5) is 38.2 Å². The SMILES string of the molecule is CC(C)(C)N(C(=O)O)[C@H]1CC[C@H](Nc2cc(Nc3ccc(NC(=O)Nc4ccccc4)cc3)c3nccn3n2)CC1. The minimum absolute atomic E-state index is 0.00809. The monoisotopic (exact) mass is 556 g/mol. The molecule has 0 saturated heterocycles. The smallest absolute Gasteiger partial charge is 0.407 e. The molecule has 4 aromatic rings. The number of nitrogens with one attached hydrogen (secondary N) is 4. The van der Waals surface area contributed by atoms with Gasteiger partial charge in [0.05, 0.1) is 5.69 Å². The summed E-state index contributed by atoms with van der Waals surface area (Å²) in [5.74, 6) is 0.711. The lowest BCUT2D eigenvalue weighted by atomic mass is 9.88. The van der Waals surface area contributed by atoms with Crippen molar-refractivity contribution in [2.24, 2.45) is 0 Å². The largest absolute Gasteiger partial charge is 0.465 e. The number of carbonyl (C=O) groups excluding carboxylic acids is 1. The fourth-order valence-corrected chi connectivity index (χ4v) is 5.36. The summed E-state index contributed by atoms with van der Waals surface area (Å²) in [7, 11) is 0. The molecule has 11 heteroatoms. The predicted molar refractivity (Wildman–Crippen MR) is 161 cm³/mol. The molecule has 3 amide bonds. The van der Waals surface area contributed by atoms with Gasteiger partial charge in [0.15, 0.2) is 5.65 Å². The van der Waals surface area contributed by atoms with Crippen LogP contribution in [0.1, 0.15) is 46.5 Å². The van der Waals surface area contributed by atoms with Gasteiger partial charge in [-0.1, -0.05) is 18.2 Å². The summed E-state index contributed by atoms with van der Waals surface area (Å²) < 4.78 is 1.73. The van der Waals surface area contributed by atoms with Crippen LogP contribution < -0.4 is 21.3 Å². The molecule has 0 unspecified atom stereocenters. The van der Waals surface area contributed by atoms with E-state index in [0.29, 0.717) is 22.8 Å². The van der Waals surface area contributed by atoms with Crippen molar-refractivity contribution in [3.63, 3.8) is 0 Å². The normalized spacial score (nSPS) is 17.0. The van der Waals surface area contributed by atoms with Gasteiger partial charge in [0.1, 0.15) is 5.82 Å². The van der Waals surface area contributed by atoms with Gasteiger partial charge in [-0.25, -0.2) is 19.1 Å². The lowest BCUT2D eigenvalue weighted by Gasteiger charge is -2.42. The first-order valence-corrected chi connectivity index (χ1v) is 13.8. The van der Waals surface area contributed by atoms with Crippen LogP contribution in [0.3, 0.4) is 0 Å². The van der Waals surface area contributed by atoms with Crippen LogP contribution in [-0.2, 0) is 0 Å². The summed E-state index contributed by atoms with van der Waals surface area (Å²) in [6.07, 6.45) is 5.93. The Balaban J connectivity index is 1.22. The Morgan fingerprint density at radius 3 is 2.20 bits per heavy atom. The van der Waals surface area contributed by atoms with Crippen LogP contribution in [0.25, 0.3) is 5.65 Å². The van der Waals surface area contributed by atoms with Crippen molar-refractivity contribution < 1.29 is 14.7 Å². The predicted octanol–water partition coefficient (Wildman–Crippen LogP) is 6.62. The lowest BCUT2D eigenvalue weighted by molar-refractivity contribution is 0.0556. The molecular formula is C30H36N8O3. The molecule has 11 nitrogen and oxygen atoms in total. The molecular weight excluding hydrogens is 520 g/mol. The molecule has 1 aliphatic carbocycles. The summed E-state index contributed by atoms with van der Waals surface area (Å²) in [6.45, 7) is 5.82. The fourth-order valence-electron chi connectivity index (χ4n) is 5.36. The summed E-state index contributed by atoms with van der Waals surface area (Å²) >= 11 is 0. The summed E-state index contributed by atoms with van der Waals surface area (Å²) in [4.78, 5) is 30.3. The van der Waals surface area contributed by atoms with Crippen molar-refractivity contribution in [1.82, 2.24) is 19.5 Å². The van der Waals surface area contributed by atoms with E-state index in [4.69, 9.17) is 0 Å². The number of imidazole rings is 1. The molecule has 0 spiro atoms. The quantitative estimate of drug-likeness (QED) is 0.173. The van der Waals surface area contributed by atoms with E-state index in [1.165, 1.54) is 0 Å². The third kappa shape index (κ3) is 6.86. The lowest BCUT2D eigenvalue weighted by Crippen LogP contribution is -2.52. The first-order chi connectivity index (χ1) is 19.7. The van der Waals surface area contributed by atoms with Crippen LogP contribution >= 0.6 is 0 Å². The van der Waals surface area contributed by atoms with Crippen molar-refractivity contribution in [3.8, 4) is 0 Å². The van der Waals surface area contributed by atoms with E-state index in [9.17, 15) is 14.7 Å². The minimum Gasteiger partial charge on any atom is -0.465 e. The molecule has 2 aromatic carbocycles. The van der Waals surface area contributed by atoms with Crippen LogP contribution in [-0.4, -0.2) is 54.4 Å². The molecule has 2 aromatic heterocycles. The van der Waals surface area contributed by atoms with E-state index in [0.717, 1.165) is 37.1 Å². The van der Waals surface area contributed by atoms with Gasteiger partial charge < -0.3 is 31.3 Å². The Labute approximate surface area is 239 Å². The molecule has 0 atom stereocenters. The van der Waals surface area contributed by atoms with Crippen LogP contribution in [0.2, 0.25) is 0 Å². The number of fused-ring (bicyclic) bond motifs is 1. The summed E-state index contributed by atoms with van der Waals surface area (Å²) in [5.41, 5.74) is 3.25. The van der Waals surface area contributed by atoms with Gasteiger partial charge in [0, 0.05) is 53.1 Å². The Bertz CT molecular complexity index is 1490. The third-order valence-corrected chi connectivity index (χ3v) is 7.16. The first kappa shape index (κ1) is 27.8. The summed E-state index contributed by atoms with van der Waals surface area (Å²) in [5, 5.41) is 27.0. The Morgan fingerprint density at radius 1 is 0.927 bits per heavy atom. The topological polar surface area (TPSA) is 136 Å². The maximum atomic E-state index is 12.3. The molecule has 1 saturated carbocycles.